The molecular formula is C25H21ClN2O3. The predicted molar refractivity (Wildman–Crippen MR) is 124 cm³/mol. The highest BCUT2D eigenvalue weighted by molar-refractivity contribution is 6.29. The van der Waals surface area contributed by atoms with Gasteiger partial charge >= 0.3 is 0 Å². The number of pyridine rings is 1. The summed E-state index contributed by atoms with van der Waals surface area (Å²) >= 11 is 6.07. The number of hydrogen-bond acceptors (Lipinski definition) is 4. The molecule has 5 nitrogen and oxygen atoms in total. The average molecular weight is 433 g/mol. The average Bonchev–Trinajstić information content (AvgIpc) is 3.22. The molecular weight excluding hydrogens is 412 g/mol. The van der Waals surface area contributed by atoms with Gasteiger partial charge in [-0.2, -0.15) is 0 Å². The number of aromatic nitrogens is 1. The molecule has 4 aromatic rings. The van der Waals surface area contributed by atoms with Gasteiger partial charge in [-0.25, -0.2) is 0 Å². The Labute approximate surface area is 184 Å². The first kappa shape index (κ1) is 19.7. The highest BCUT2D eigenvalue weighted by Crippen LogP contribution is 2.36. The van der Waals surface area contributed by atoms with E-state index in [9.17, 15) is 4.79 Å². The largest absolute Gasteiger partial charge is 0.454 e. The molecule has 0 atom stereocenters. The highest BCUT2D eigenvalue weighted by Gasteiger charge is 2.18. The van der Waals surface area contributed by atoms with Crippen molar-refractivity contribution < 1.29 is 9.47 Å². The minimum atomic E-state index is -0.0985. The van der Waals surface area contributed by atoms with Crippen LogP contribution in [-0.4, -0.2) is 11.4 Å². The number of halogens is 1. The van der Waals surface area contributed by atoms with E-state index in [1.165, 1.54) is 16.3 Å². The number of fused-ring (bicyclic) bond motifs is 3. The molecule has 0 fully saturated rings. The first-order valence-electron chi connectivity index (χ1n) is 10.1. The number of benzene rings is 3. The van der Waals surface area contributed by atoms with Crippen molar-refractivity contribution in [2.75, 3.05) is 6.79 Å². The third kappa shape index (κ3) is 3.78. The Morgan fingerprint density at radius 1 is 0.968 bits per heavy atom. The Bertz CT molecular complexity index is 1370. The van der Waals surface area contributed by atoms with E-state index in [0.717, 1.165) is 10.9 Å². The zero-order valence-corrected chi connectivity index (χ0v) is 17.6. The molecule has 1 N–H and O–H groups in total. The first-order valence-corrected chi connectivity index (χ1v) is 10.4. The SMILES string of the molecule is C=C(Cl)Cn1c(=O)c(CNCc2cccc3ccccc23)cc2cc3c(cc21)OCO3. The van der Waals surface area contributed by atoms with Crippen molar-refractivity contribution in [3.8, 4) is 11.5 Å². The summed E-state index contributed by atoms with van der Waals surface area (Å²) in [5.74, 6) is 1.31. The number of nitrogens with one attached hydrogen (secondary N) is 1. The minimum Gasteiger partial charge on any atom is -0.454 e. The van der Waals surface area contributed by atoms with Crippen LogP contribution in [0.25, 0.3) is 21.7 Å². The van der Waals surface area contributed by atoms with Crippen LogP contribution in [0.5, 0.6) is 11.5 Å². The molecule has 0 saturated heterocycles. The molecule has 0 aliphatic carbocycles. The molecule has 0 bridgehead atoms. The van der Waals surface area contributed by atoms with Crippen LogP contribution in [0.1, 0.15) is 11.1 Å². The number of hydrogen-bond donors (Lipinski definition) is 1. The third-order valence-electron chi connectivity index (χ3n) is 5.50. The van der Waals surface area contributed by atoms with Crippen LogP contribution in [0.2, 0.25) is 0 Å². The van der Waals surface area contributed by atoms with E-state index in [1.807, 2.05) is 30.3 Å². The zero-order valence-electron chi connectivity index (χ0n) is 16.9. The van der Waals surface area contributed by atoms with Gasteiger partial charge in [0.2, 0.25) is 6.79 Å². The van der Waals surface area contributed by atoms with E-state index in [4.69, 9.17) is 21.1 Å². The van der Waals surface area contributed by atoms with Gasteiger partial charge in [-0.05, 0) is 28.5 Å². The summed E-state index contributed by atoms with van der Waals surface area (Å²) in [5.41, 5.74) is 2.49. The van der Waals surface area contributed by atoms with Crippen LogP contribution in [0.15, 0.2) is 77.1 Å². The van der Waals surface area contributed by atoms with Crippen LogP contribution in [0, 0.1) is 0 Å². The topological polar surface area (TPSA) is 52.5 Å². The molecule has 3 aromatic carbocycles. The molecule has 0 saturated carbocycles. The fraction of sp³-hybridized carbons (Fsp3) is 0.160. The van der Waals surface area contributed by atoms with Gasteiger partial charge < -0.3 is 19.4 Å². The van der Waals surface area contributed by atoms with E-state index in [2.05, 4.69) is 42.2 Å². The second-order valence-corrected chi connectivity index (χ2v) is 8.12. The van der Waals surface area contributed by atoms with Crippen molar-refractivity contribution in [2.24, 2.45) is 0 Å². The summed E-state index contributed by atoms with van der Waals surface area (Å²) in [7, 11) is 0. The predicted octanol–water partition coefficient (Wildman–Crippen LogP) is 4.93. The van der Waals surface area contributed by atoms with Crippen molar-refractivity contribution in [3.05, 3.63) is 93.8 Å². The quantitative estimate of drug-likeness (QED) is 0.469. The van der Waals surface area contributed by atoms with Gasteiger partial charge in [0, 0.05) is 35.1 Å². The summed E-state index contributed by atoms with van der Waals surface area (Å²) in [6.45, 7) is 5.26. The van der Waals surface area contributed by atoms with Gasteiger partial charge in [-0.3, -0.25) is 4.79 Å². The molecule has 2 heterocycles. The van der Waals surface area contributed by atoms with Crippen molar-refractivity contribution in [1.82, 2.24) is 9.88 Å². The van der Waals surface area contributed by atoms with E-state index in [-0.39, 0.29) is 18.9 Å². The maximum Gasteiger partial charge on any atom is 0.255 e. The van der Waals surface area contributed by atoms with Gasteiger partial charge in [-0.15, -0.1) is 0 Å². The van der Waals surface area contributed by atoms with Gasteiger partial charge in [0.15, 0.2) is 11.5 Å². The van der Waals surface area contributed by atoms with Crippen LogP contribution >= 0.6 is 11.6 Å². The molecule has 1 aliphatic rings. The van der Waals surface area contributed by atoms with Crippen molar-refractivity contribution in [3.63, 3.8) is 0 Å². The minimum absolute atomic E-state index is 0.0985. The Balaban J connectivity index is 1.48. The summed E-state index contributed by atoms with van der Waals surface area (Å²) in [6.07, 6.45) is 0. The van der Waals surface area contributed by atoms with E-state index in [1.54, 1.807) is 4.57 Å². The van der Waals surface area contributed by atoms with Gasteiger partial charge in [0.1, 0.15) is 0 Å². The molecule has 6 heteroatoms. The molecule has 1 aromatic heterocycles. The summed E-state index contributed by atoms with van der Waals surface area (Å²) in [5, 5.41) is 7.12. The summed E-state index contributed by atoms with van der Waals surface area (Å²) in [4.78, 5) is 13.2. The lowest BCUT2D eigenvalue weighted by molar-refractivity contribution is 0.174. The fourth-order valence-electron chi connectivity index (χ4n) is 4.06. The number of rotatable bonds is 6. The molecule has 0 radical (unpaired) electrons. The lowest BCUT2D eigenvalue weighted by atomic mass is 10.0. The highest BCUT2D eigenvalue weighted by atomic mass is 35.5. The van der Waals surface area contributed by atoms with Gasteiger partial charge in [0.05, 0.1) is 12.1 Å². The first-order chi connectivity index (χ1) is 15.1. The van der Waals surface area contributed by atoms with Crippen molar-refractivity contribution in [2.45, 2.75) is 19.6 Å². The van der Waals surface area contributed by atoms with E-state index < -0.39 is 0 Å². The van der Waals surface area contributed by atoms with Gasteiger partial charge in [0.25, 0.3) is 5.56 Å². The van der Waals surface area contributed by atoms with Crippen LogP contribution in [-0.2, 0) is 19.6 Å². The molecule has 156 valence electrons. The molecule has 0 amide bonds. The molecule has 5 rings (SSSR count). The number of allylic oxidation sites excluding steroid dienone is 1. The Morgan fingerprint density at radius 2 is 1.71 bits per heavy atom. The summed E-state index contributed by atoms with van der Waals surface area (Å²) in [6, 6.07) is 20.2. The zero-order chi connectivity index (χ0) is 21.4. The monoisotopic (exact) mass is 432 g/mol. The maximum atomic E-state index is 13.2. The second kappa shape index (κ2) is 8.10. The molecule has 1 aliphatic heterocycles. The number of ether oxygens (including phenoxy) is 2. The standard InChI is InChI=1S/C25H21ClN2O3/c1-16(26)14-28-22-11-24-23(30-15-31-24)10-19(22)9-20(25(28)29)13-27-12-18-7-4-6-17-5-2-3-8-21(17)18/h2-11,27H,1,12-15H2. The second-order valence-electron chi connectivity index (χ2n) is 7.58. The van der Waals surface area contributed by atoms with Crippen LogP contribution < -0.4 is 20.3 Å². The van der Waals surface area contributed by atoms with Gasteiger partial charge in [-0.1, -0.05) is 60.6 Å². The normalized spacial score (nSPS) is 12.5. The van der Waals surface area contributed by atoms with Crippen molar-refractivity contribution in [1.29, 1.82) is 0 Å². The molecule has 0 unspecified atom stereocenters. The van der Waals surface area contributed by atoms with Crippen LogP contribution in [0.4, 0.5) is 0 Å². The lowest BCUT2D eigenvalue weighted by Gasteiger charge is -2.14. The Morgan fingerprint density at radius 3 is 2.55 bits per heavy atom. The van der Waals surface area contributed by atoms with E-state index >= 15 is 0 Å². The van der Waals surface area contributed by atoms with E-state index in [0.29, 0.717) is 35.2 Å². The Kier molecular flexibility index (Phi) is 5.14. The molecule has 31 heavy (non-hydrogen) atoms. The van der Waals surface area contributed by atoms with Crippen LogP contribution in [0.3, 0.4) is 0 Å². The van der Waals surface area contributed by atoms with Crippen molar-refractivity contribution >= 4 is 33.3 Å². The summed E-state index contributed by atoms with van der Waals surface area (Å²) < 4.78 is 12.6. The smallest absolute Gasteiger partial charge is 0.255 e. The third-order valence-corrected chi connectivity index (χ3v) is 5.62. The maximum absolute atomic E-state index is 13.2. The fourth-order valence-corrected chi connectivity index (χ4v) is 4.18. The Hall–Kier alpha value is -3.28. The number of nitrogens with zero attached hydrogens (tertiary/aromatic N) is 1. The lowest BCUT2D eigenvalue weighted by Crippen LogP contribution is -2.27. The molecule has 0 spiro atoms.